The highest BCUT2D eigenvalue weighted by molar-refractivity contribution is 5.76. The number of aromatic nitrogens is 2. The zero-order valence-corrected chi connectivity index (χ0v) is 16.3. The second-order valence-corrected chi connectivity index (χ2v) is 7.00. The summed E-state index contributed by atoms with van der Waals surface area (Å²) in [5.41, 5.74) is 2.92. The van der Waals surface area contributed by atoms with Gasteiger partial charge in [0.1, 0.15) is 11.9 Å². The molecule has 1 atom stereocenters. The molecule has 6 nitrogen and oxygen atoms in total. The third kappa shape index (κ3) is 5.42. The predicted molar refractivity (Wildman–Crippen MR) is 103 cm³/mol. The molecule has 27 heavy (non-hydrogen) atoms. The molecule has 1 unspecified atom stereocenters. The molecule has 6 heteroatoms. The van der Waals surface area contributed by atoms with Crippen LogP contribution in [0.1, 0.15) is 36.2 Å². The molecule has 2 aromatic rings. The summed E-state index contributed by atoms with van der Waals surface area (Å²) < 4.78 is 11.1. The van der Waals surface area contributed by atoms with Crippen LogP contribution in [0, 0.1) is 13.8 Å². The van der Waals surface area contributed by atoms with Crippen LogP contribution >= 0.6 is 0 Å². The van der Waals surface area contributed by atoms with Crippen LogP contribution in [-0.4, -0.2) is 47.1 Å². The number of methoxy groups -OCH3 is 1. The first-order valence-electron chi connectivity index (χ1n) is 9.43. The number of piperidine rings is 1. The van der Waals surface area contributed by atoms with E-state index in [4.69, 9.17) is 9.47 Å². The van der Waals surface area contributed by atoms with Gasteiger partial charge in [0.05, 0.1) is 13.7 Å². The molecule has 0 N–H and O–H groups in total. The van der Waals surface area contributed by atoms with E-state index in [9.17, 15) is 4.79 Å². The lowest BCUT2D eigenvalue weighted by molar-refractivity contribution is -0.133. The topological polar surface area (TPSA) is 64.5 Å². The normalized spacial score (nSPS) is 16.9. The van der Waals surface area contributed by atoms with Crippen molar-refractivity contribution in [1.82, 2.24) is 14.9 Å². The second-order valence-electron chi connectivity index (χ2n) is 7.00. The number of carbonyl (C=O) groups is 1. The van der Waals surface area contributed by atoms with Gasteiger partial charge < -0.3 is 14.4 Å². The summed E-state index contributed by atoms with van der Waals surface area (Å²) in [4.78, 5) is 23.2. The van der Waals surface area contributed by atoms with Crippen molar-refractivity contribution < 1.29 is 14.3 Å². The fraction of sp³-hybridized carbons (Fsp3) is 0.476. The van der Waals surface area contributed by atoms with E-state index < -0.39 is 0 Å². The van der Waals surface area contributed by atoms with Gasteiger partial charge in [-0.1, -0.05) is 12.1 Å². The van der Waals surface area contributed by atoms with E-state index >= 15 is 0 Å². The van der Waals surface area contributed by atoms with Crippen LogP contribution in [-0.2, 0) is 11.2 Å². The van der Waals surface area contributed by atoms with Gasteiger partial charge in [-0.2, -0.15) is 0 Å². The van der Waals surface area contributed by atoms with Crippen molar-refractivity contribution >= 4 is 5.91 Å². The number of hydrogen-bond acceptors (Lipinski definition) is 5. The van der Waals surface area contributed by atoms with Gasteiger partial charge in [-0.05, 0) is 56.9 Å². The smallest absolute Gasteiger partial charge is 0.317 e. The van der Waals surface area contributed by atoms with E-state index in [-0.39, 0.29) is 12.0 Å². The summed E-state index contributed by atoms with van der Waals surface area (Å²) in [5, 5.41) is 0. The Hall–Kier alpha value is -2.63. The van der Waals surface area contributed by atoms with Crippen molar-refractivity contribution in [3.63, 3.8) is 0 Å². The summed E-state index contributed by atoms with van der Waals surface area (Å²) in [6.07, 6.45) is 3.02. The van der Waals surface area contributed by atoms with Gasteiger partial charge in [0.2, 0.25) is 5.91 Å². The highest BCUT2D eigenvalue weighted by Crippen LogP contribution is 2.18. The Morgan fingerprint density at radius 3 is 2.56 bits per heavy atom. The third-order valence-electron chi connectivity index (χ3n) is 4.75. The minimum absolute atomic E-state index is 0.0510. The first-order valence-corrected chi connectivity index (χ1v) is 9.43. The van der Waals surface area contributed by atoms with E-state index in [1.165, 1.54) is 0 Å². The standard InChI is InChI=1S/C21H27N3O3/c1-15-13-16(2)23-21(22-15)27-19-5-4-12-24(14-19)20(25)11-8-17-6-9-18(26-3)10-7-17/h6-7,9-10,13,19H,4-5,8,11-12,14H2,1-3H3. The van der Waals surface area contributed by atoms with Gasteiger partial charge in [-0.3, -0.25) is 4.79 Å². The van der Waals surface area contributed by atoms with Gasteiger partial charge in [0.25, 0.3) is 0 Å². The van der Waals surface area contributed by atoms with Crippen molar-refractivity contribution in [1.29, 1.82) is 0 Å². The predicted octanol–water partition coefficient (Wildman–Crippen LogP) is 3.10. The average molecular weight is 369 g/mol. The van der Waals surface area contributed by atoms with Crippen LogP contribution in [0.4, 0.5) is 0 Å². The first kappa shape index (κ1) is 19.1. The van der Waals surface area contributed by atoms with Crippen LogP contribution in [0.3, 0.4) is 0 Å². The minimum Gasteiger partial charge on any atom is -0.497 e. The Balaban J connectivity index is 1.52. The van der Waals surface area contributed by atoms with Crippen molar-refractivity contribution in [3.05, 3.63) is 47.3 Å². The van der Waals surface area contributed by atoms with Gasteiger partial charge in [-0.25, -0.2) is 9.97 Å². The number of likely N-dealkylation sites (tertiary alicyclic amines) is 1. The van der Waals surface area contributed by atoms with Crippen LogP contribution < -0.4 is 9.47 Å². The van der Waals surface area contributed by atoms with E-state index in [1.807, 2.05) is 49.1 Å². The van der Waals surface area contributed by atoms with Crippen LogP contribution in [0.25, 0.3) is 0 Å². The molecule has 0 spiro atoms. The summed E-state index contributed by atoms with van der Waals surface area (Å²) >= 11 is 0. The van der Waals surface area contributed by atoms with E-state index in [0.717, 1.165) is 48.5 Å². The summed E-state index contributed by atoms with van der Waals surface area (Å²) in [7, 11) is 1.65. The van der Waals surface area contributed by atoms with Gasteiger partial charge >= 0.3 is 6.01 Å². The van der Waals surface area contributed by atoms with Crippen LogP contribution in [0.2, 0.25) is 0 Å². The number of carbonyl (C=O) groups excluding carboxylic acids is 1. The highest BCUT2D eigenvalue weighted by Gasteiger charge is 2.25. The molecule has 3 rings (SSSR count). The molecular weight excluding hydrogens is 342 g/mol. The van der Waals surface area contributed by atoms with Crippen molar-refractivity contribution in [3.8, 4) is 11.8 Å². The monoisotopic (exact) mass is 369 g/mol. The van der Waals surface area contributed by atoms with Crippen LogP contribution in [0.5, 0.6) is 11.8 Å². The molecule has 1 amide bonds. The lowest BCUT2D eigenvalue weighted by Gasteiger charge is -2.32. The number of nitrogens with zero attached hydrogens (tertiary/aromatic N) is 3. The summed E-state index contributed by atoms with van der Waals surface area (Å²) in [6.45, 7) is 5.24. The maximum atomic E-state index is 12.6. The van der Waals surface area contributed by atoms with E-state index in [0.29, 0.717) is 19.0 Å². The number of aryl methyl sites for hydroxylation is 3. The molecule has 0 aliphatic carbocycles. The molecule has 0 bridgehead atoms. The number of hydrogen-bond donors (Lipinski definition) is 0. The Morgan fingerprint density at radius 2 is 1.89 bits per heavy atom. The second kappa shape index (κ2) is 8.84. The quantitative estimate of drug-likeness (QED) is 0.783. The SMILES string of the molecule is COc1ccc(CCC(=O)N2CCCC(Oc3nc(C)cc(C)n3)C2)cc1. The summed E-state index contributed by atoms with van der Waals surface area (Å²) in [5.74, 6) is 0.996. The van der Waals surface area contributed by atoms with Crippen molar-refractivity contribution in [2.75, 3.05) is 20.2 Å². The fourth-order valence-electron chi connectivity index (χ4n) is 3.36. The van der Waals surface area contributed by atoms with Gasteiger partial charge in [-0.15, -0.1) is 0 Å². The van der Waals surface area contributed by atoms with E-state index in [1.54, 1.807) is 7.11 Å². The molecule has 0 saturated carbocycles. The number of ether oxygens (including phenoxy) is 2. The Morgan fingerprint density at radius 1 is 1.19 bits per heavy atom. The number of benzene rings is 1. The first-order chi connectivity index (χ1) is 13.0. The largest absolute Gasteiger partial charge is 0.497 e. The minimum atomic E-state index is -0.0510. The molecule has 1 aromatic carbocycles. The van der Waals surface area contributed by atoms with Crippen molar-refractivity contribution in [2.24, 2.45) is 0 Å². The summed E-state index contributed by atoms with van der Waals surface area (Å²) in [6, 6.07) is 10.2. The van der Waals surface area contributed by atoms with Crippen LogP contribution in [0.15, 0.2) is 30.3 Å². The molecule has 144 valence electrons. The van der Waals surface area contributed by atoms with Gasteiger partial charge in [0, 0.05) is 24.4 Å². The van der Waals surface area contributed by atoms with Gasteiger partial charge in [0.15, 0.2) is 0 Å². The Bertz CT molecular complexity index is 756. The average Bonchev–Trinajstić information content (AvgIpc) is 2.66. The molecule has 1 aliphatic rings. The van der Waals surface area contributed by atoms with E-state index in [2.05, 4.69) is 9.97 Å². The third-order valence-corrected chi connectivity index (χ3v) is 4.75. The molecule has 1 fully saturated rings. The lowest BCUT2D eigenvalue weighted by atomic mass is 10.1. The maximum Gasteiger partial charge on any atom is 0.317 e. The highest BCUT2D eigenvalue weighted by atomic mass is 16.5. The van der Waals surface area contributed by atoms with Crippen molar-refractivity contribution in [2.45, 2.75) is 45.6 Å². The Labute approximate surface area is 160 Å². The molecule has 1 aliphatic heterocycles. The fourth-order valence-corrected chi connectivity index (χ4v) is 3.36. The molecule has 2 heterocycles. The number of amides is 1. The Kier molecular flexibility index (Phi) is 6.27. The maximum absolute atomic E-state index is 12.6. The lowest BCUT2D eigenvalue weighted by Crippen LogP contribution is -2.44. The molecular formula is C21H27N3O3. The molecule has 1 aromatic heterocycles. The molecule has 1 saturated heterocycles. The zero-order valence-electron chi connectivity index (χ0n) is 16.3. The zero-order chi connectivity index (χ0) is 19.2. The number of rotatable bonds is 6. The molecule has 0 radical (unpaired) electrons.